The molecule has 1 aromatic carbocycles. The smallest absolute Gasteiger partial charge is 0.305 e. The zero-order chi connectivity index (χ0) is 12.8. The summed E-state index contributed by atoms with van der Waals surface area (Å²) in [5, 5.41) is 8.66. The van der Waals surface area contributed by atoms with E-state index < -0.39 is 11.8 Å². The van der Waals surface area contributed by atoms with Crippen LogP contribution in [0.3, 0.4) is 0 Å². The molecule has 94 valence electrons. The second-order valence-corrected chi connectivity index (χ2v) is 3.84. The lowest BCUT2D eigenvalue weighted by Gasteiger charge is -2.23. The SMILES string of the molecule is CCCN(CCC(=O)O)c1ccc(N)c(F)c1. The van der Waals surface area contributed by atoms with Crippen molar-refractivity contribution in [3.8, 4) is 0 Å². The van der Waals surface area contributed by atoms with E-state index in [0.717, 1.165) is 6.42 Å². The fourth-order valence-corrected chi connectivity index (χ4v) is 1.58. The molecular formula is C12H17FN2O2. The van der Waals surface area contributed by atoms with E-state index in [2.05, 4.69) is 0 Å². The van der Waals surface area contributed by atoms with Crippen molar-refractivity contribution in [1.29, 1.82) is 0 Å². The first-order valence-corrected chi connectivity index (χ1v) is 5.56. The van der Waals surface area contributed by atoms with Crippen LogP contribution in [0.15, 0.2) is 18.2 Å². The summed E-state index contributed by atoms with van der Waals surface area (Å²) in [6, 6.07) is 4.54. The van der Waals surface area contributed by atoms with Crippen LogP contribution in [0, 0.1) is 5.82 Å². The second kappa shape index (κ2) is 6.08. The van der Waals surface area contributed by atoms with Crippen molar-refractivity contribution in [2.75, 3.05) is 23.7 Å². The normalized spacial score (nSPS) is 10.2. The Labute approximate surface area is 99.8 Å². The summed E-state index contributed by atoms with van der Waals surface area (Å²) in [6.45, 7) is 3.05. The summed E-state index contributed by atoms with van der Waals surface area (Å²) in [7, 11) is 0. The maximum atomic E-state index is 13.3. The van der Waals surface area contributed by atoms with E-state index in [0.29, 0.717) is 18.8 Å². The van der Waals surface area contributed by atoms with Gasteiger partial charge in [-0.15, -0.1) is 0 Å². The average molecular weight is 240 g/mol. The molecule has 0 saturated heterocycles. The molecule has 0 spiro atoms. The lowest BCUT2D eigenvalue weighted by Crippen LogP contribution is -2.27. The predicted molar refractivity (Wildman–Crippen MR) is 65.6 cm³/mol. The molecule has 3 N–H and O–H groups in total. The Morgan fingerprint density at radius 3 is 2.71 bits per heavy atom. The van der Waals surface area contributed by atoms with Gasteiger partial charge in [0.05, 0.1) is 12.1 Å². The van der Waals surface area contributed by atoms with Gasteiger partial charge >= 0.3 is 5.97 Å². The third kappa shape index (κ3) is 3.94. The summed E-state index contributed by atoms with van der Waals surface area (Å²) in [6.07, 6.45) is 0.900. The van der Waals surface area contributed by atoms with Crippen molar-refractivity contribution >= 4 is 17.3 Å². The van der Waals surface area contributed by atoms with Crippen LogP contribution in [-0.4, -0.2) is 24.2 Å². The summed E-state index contributed by atoms with van der Waals surface area (Å²) >= 11 is 0. The Hall–Kier alpha value is -1.78. The Morgan fingerprint density at radius 2 is 2.18 bits per heavy atom. The van der Waals surface area contributed by atoms with Crippen LogP contribution in [0.1, 0.15) is 19.8 Å². The van der Waals surface area contributed by atoms with Gasteiger partial charge in [0.25, 0.3) is 0 Å². The Kier molecular flexibility index (Phi) is 4.75. The molecule has 0 aliphatic rings. The molecule has 4 nitrogen and oxygen atoms in total. The molecule has 0 fully saturated rings. The van der Waals surface area contributed by atoms with Gasteiger partial charge in [0.2, 0.25) is 0 Å². The highest BCUT2D eigenvalue weighted by atomic mass is 19.1. The van der Waals surface area contributed by atoms with E-state index in [-0.39, 0.29) is 12.1 Å². The first kappa shape index (κ1) is 13.3. The van der Waals surface area contributed by atoms with Crippen molar-refractivity contribution in [1.82, 2.24) is 0 Å². The number of benzene rings is 1. The molecule has 0 amide bonds. The van der Waals surface area contributed by atoms with Crippen LogP contribution in [-0.2, 0) is 4.79 Å². The van der Waals surface area contributed by atoms with Gasteiger partial charge in [-0.25, -0.2) is 4.39 Å². The average Bonchev–Trinajstić information content (AvgIpc) is 2.28. The van der Waals surface area contributed by atoms with Gasteiger partial charge in [-0.2, -0.15) is 0 Å². The molecule has 0 atom stereocenters. The fourth-order valence-electron chi connectivity index (χ4n) is 1.58. The van der Waals surface area contributed by atoms with E-state index >= 15 is 0 Å². The maximum absolute atomic E-state index is 13.3. The van der Waals surface area contributed by atoms with Crippen LogP contribution < -0.4 is 10.6 Å². The highest BCUT2D eigenvalue weighted by Gasteiger charge is 2.09. The summed E-state index contributed by atoms with van der Waals surface area (Å²) in [4.78, 5) is 12.4. The molecule has 0 radical (unpaired) electrons. The zero-order valence-corrected chi connectivity index (χ0v) is 9.82. The highest BCUT2D eigenvalue weighted by Crippen LogP contribution is 2.20. The summed E-state index contributed by atoms with van der Waals surface area (Å²) < 4.78 is 13.3. The van der Waals surface area contributed by atoms with Crippen LogP contribution in [0.5, 0.6) is 0 Å². The van der Waals surface area contributed by atoms with E-state index in [1.807, 2.05) is 11.8 Å². The molecular weight excluding hydrogens is 223 g/mol. The number of hydrogen-bond acceptors (Lipinski definition) is 3. The number of nitrogen functional groups attached to an aromatic ring is 1. The van der Waals surface area contributed by atoms with Crippen molar-refractivity contribution in [3.05, 3.63) is 24.0 Å². The number of nitrogens with two attached hydrogens (primary N) is 1. The molecule has 0 aliphatic heterocycles. The first-order valence-electron chi connectivity index (χ1n) is 5.56. The third-order valence-electron chi connectivity index (χ3n) is 2.44. The number of halogens is 1. The first-order chi connectivity index (χ1) is 8.04. The molecule has 0 saturated carbocycles. The minimum atomic E-state index is -0.859. The molecule has 1 rings (SSSR count). The van der Waals surface area contributed by atoms with E-state index in [4.69, 9.17) is 10.8 Å². The topological polar surface area (TPSA) is 66.6 Å². The Bertz CT molecular complexity index is 396. The number of rotatable bonds is 6. The molecule has 0 bridgehead atoms. The Balaban J connectivity index is 2.81. The van der Waals surface area contributed by atoms with Crippen molar-refractivity contribution in [2.24, 2.45) is 0 Å². The van der Waals surface area contributed by atoms with Gasteiger partial charge < -0.3 is 15.7 Å². The summed E-state index contributed by atoms with van der Waals surface area (Å²) in [5.74, 6) is -1.33. The van der Waals surface area contributed by atoms with E-state index in [1.54, 1.807) is 6.07 Å². The molecule has 0 aromatic heterocycles. The van der Waals surface area contributed by atoms with Gasteiger partial charge in [0.15, 0.2) is 0 Å². The minimum Gasteiger partial charge on any atom is -0.481 e. The summed E-state index contributed by atoms with van der Waals surface area (Å²) in [5.41, 5.74) is 6.16. The van der Waals surface area contributed by atoms with Gasteiger partial charge in [-0.3, -0.25) is 4.79 Å². The molecule has 0 heterocycles. The molecule has 1 aromatic rings. The van der Waals surface area contributed by atoms with Crippen molar-refractivity contribution < 1.29 is 14.3 Å². The lowest BCUT2D eigenvalue weighted by molar-refractivity contribution is -0.136. The zero-order valence-electron chi connectivity index (χ0n) is 9.82. The number of carbonyl (C=O) groups is 1. The monoisotopic (exact) mass is 240 g/mol. The van der Waals surface area contributed by atoms with Gasteiger partial charge in [0, 0.05) is 18.8 Å². The minimum absolute atomic E-state index is 0.0337. The number of anilines is 2. The number of aliphatic carboxylic acids is 1. The van der Waals surface area contributed by atoms with E-state index in [9.17, 15) is 9.18 Å². The molecule has 0 unspecified atom stereocenters. The Morgan fingerprint density at radius 1 is 1.47 bits per heavy atom. The van der Waals surface area contributed by atoms with E-state index in [1.165, 1.54) is 12.1 Å². The van der Waals surface area contributed by atoms with Crippen molar-refractivity contribution in [2.45, 2.75) is 19.8 Å². The van der Waals surface area contributed by atoms with Gasteiger partial charge in [-0.1, -0.05) is 6.92 Å². The molecule has 17 heavy (non-hydrogen) atoms. The van der Waals surface area contributed by atoms with Crippen LogP contribution in [0.2, 0.25) is 0 Å². The number of carboxylic acids is 1. The second-order valence-electron chi connectivity index (χ2n) is 3.84. The fraction of sp³-hybridized carbons (Fsp3) is 0.417. The number of carboxylic acid groups (broad SMARTS) is 1. The maximum Gasteiger partial charge on any atom is 0.305 e. The van der Waals surface area contributed by atoms with Crippen LogP contribution >= 0.6 is 0 Å². The van der Waals surface area contributed by atoms with Gasteiger partial charge in [0.1, 0.15) is 5.82 Å². The standard InChI is InChI=1S/C12H17FN2O2/c1-2-6-15(7-5-12(16)17)9-3-4-11(14)10(13)8-9/h3-4,8H,2,5-7,14H2,1H3,(H,16,17). The van der Waals surface area contributed by atoms with Gasteiger partial charge in [-0.05, 0) is 24.6 Å². The number of nitrogens with zero attached hydrogens (tertiary/aromatic N) is 1. The largest absolute Gasteiger partial charge is 0.481 e. The third-order valence-corrected chi connectivity index (χ3v) is 2.44. The molecule has 5 heteroatoms. The predicted octanol–water partition coefficient (Wildman–Crippen LogP) is 2.10. The quantitative estimate of drug-likeness (QED) is 0.747. The van der Waals surface area contributed by atoms with Crippen molar-refractivity contribution in [3.63, 3.8) is 0 Å². The highest BCUT2D eigenvalue weighted by molar-refractivity contribution is 5.67. The van der Waals surface area contributed by atoms with Crippen LogP contribution in [0.4, 0.5) is 15.8 Å². The molecule has 0 aliphatic carbocycles. The van der Waals surface area contributed by atoms with Crippen LogP contribution in [0.25, 0.3) is 0 Å². The lowest BCUT2D eigenvalue weighted by atomic mass is 10.2. The number of hydrogen-bond donors (Lipinski definition) is 2.